The number of benzene rings is 2. The number of aromatic nitrogens is 2. The zero-order valence-electron chi connectivity index (χ0n) is 10.6. The average Bonchev–Trinajstić information content (AvgIpc) is 2.47. The summed E-state index contributed by atoms with van der Waals surface area (Å²) in [6.07, 6.45) is 2.81. The highest BCUT2D eigenvalue weighted by Crippen LogP contribution is 2.34. The molecule has 0 fully saturated rings. The molecule has 3 rings (SSSR count). The van der Waals surface area contributed by atoms with Crippen LogP contribution in [0, 0.1) is 10.1 Å². The summed E-state index contributed by atoms with van der Waals surface area (Å²) in [6, 6.07) is 9.86. The first-order valence-corrected chi connectivity index (χ1v) is 6.34. The van der Waals surface area contributed by atoms with Gasteiger partial charge in [0.2, 0.25) is 5.88 Å². The van der Waals surface area contributed by atoms with E-state index in [0.717, 1.165) is 0 Å². The fraction of sp³-hybridized carbons (Fsp3) is 0. The van der Waals surface area contributed by atoms with E-state index < -0.39 is 4.92 Å². The highest BCUT2D eigenvalue weighted by Gasteiger charge is 2.15. The summed E-state index contributed by atoms with van der Waals surface area (Å²) in [5.41, 5.74) is 0.0233. The third-order valence-corrected chi connectivity index (χ3v) is 3.04. The first kappa shape index (κ1) is 13.3. The van der Waals surface area contributed by atoms with Crippen LogP contribution in [0.2, 0.25) is 5.15 Å². The molecule has 0 amide bonds. The summed E-state index contributed by atoms with van der Waals surface area (Å²) in [6.45, 7) is 0. The smallest absolute Gasteiger partial charge is 0.277 e. The van der Waals surface area contributed by atoms with Gasteiger partial charge in [0.05, 0.1) is 22.7 Å². The molecule has 0 aliphatic heterocycles. The van der Waals surface area contributed by atoms with Crippen LogP contribution in [-0.4, -0.2) is 14.9 Å². The third-order valence-electron chi connectivity index (χ3n) is 2.86. The molecule has 0 saturated carbocycles. The highest BCUT2D eigenvalue weighted by molar-refractivity contribution is 6.29. The summed E-state index contributed by atoms with van der Waals surface area (Å²) in [7, 11) is 0. The van der Waals surface area contributed by atoms with Crippen molar-refractivity contribution in [2.45, 2.75) is 0 Å². The van der Waals surface area contributed by atoms with Crippen molar-refractivity contribution in [1.82, 2.24) is 9.97 Å². The molecule has 2 aromatic carbocycles. The van der Waals surface area contributed by atoms with E-state index in [1.54, 1.807) is 24.3 Å². The molecule has 0 aliphatic rings. The third kappa shape index (κ3) is 2.61. The average molecular weight is 302 g/mol. The second-order valence-electron chi connectivity index (χ2n) is 4.17. The molecule has 7 heteroatoms. The largest absolute Gasteiger partial charge is 0.437 e. The van der Waals surface area contributed by atoms with Crippen LogP contribution in [0.3, 0.4) is 0 Å². The number of ether oxygens (including phenoxy) is 1. The van der Waals surface area contributed by atoms with E-state index in [4.69, 9.17) is 16.3 Å². The Morgan fingerprint density at radius 3 is 2.57 bits per heavy atom. The molecular weight excluding hydrogens is 294 g/mol. The van der Waals surface area contributed by atoms with E-state index in [0.29, 0.717) is 16.5 Å². The van der Waals surface area contributed by atoms with Gasteiger partial charge in [0, 0.05) is 11.5 Å². The summed E-state index contributed by atoms with van der Waals surface area (Å²) >= 11 is 5.75. The number of fused-ring (bicyclic) bond motifs is 1. The fourth-order valence-corrected chi connectivity index (χ4v) is 2.13. The Labute approximate surface area is 124 Å². The lowest BCUT2D eigenvalue weighted by Gasteiger charge is -2.08. The number of rotatable bonds is 3. The molecule has 3 aromatic rings. The normalized spacial score (nSPS) is 10.5. The van der Waals surface area contributed by atoms with Crippen LogP contribution in [0.25, 0.3) is 10.8 Å². The van der Waals surface area contributed by atoms with Crippen molar-refractivity contribution in [2.75, 3.05) is 0 Å². The van der Waals surface area contributed by atoms with Crippen LogP contribution in [0.5, 0.6) is 11.6 Å². The lowest BCUT2D eigenvalue weighted by atomic mass is 10.1. The number of nitro groups is 1. The Morgan fingerprint density at radius 1 is 1.10 bits per heavy atom. The fourth-order valence-electron chi connectivity index (χ4n) is 1.99. The maximum atomic E-state index is 11.1. The Kier molecular flexibility index (Phi) is 3.37. The second kappa shape index (κ2) is 5.34. The standard InChI is InChI=1S/C14H8ClN3O3/c15-13-7-16-8-14(17-13)21-12-6-5-11(18(19)20)9-3-1-2-4-10(9)12/h1-8H. The molecule has 6 nitrogen and oxygen atoms in total. The van der Waals surface area contributed by atoms with Gasteiger partial charge in [-0.05, 0) is 12.1 Å². The molecule has 0 saturated heterocycles. The van der Waals surface area contributed by atoms with Gasteiger partial charge in [0.15, 0.2) is 5.15 Å². The minimum absolute atomic E-state index is 0.0233. The van der Waals surface area contributed by atoms with E-state index >= 15 is 0 Å². The predicted octanol–water partition coefficient (Wildman–Crippen LogP) is 3.98. The van der Waals surface area contributed by atoms with Crippen molar-refractivity contribution >= 4 is 28.1 Å². The summed E-state index contributed by atoms with van der Waals surface area (Å²) in [4.78, 5) is 18.5. The zero-order chi connectivity index (χ0) is 14.8. The van der Waals surface area contributed by atoms with Gasteiger partial charge in [-0.2, -0.15) is 4.98 Å². The van der Waals surface area contributed by atoms with Gasteiger partial charge in [-0.15, -0.1) is 0 Å². The molecule has 1 heterocycles. The molecule has 21 heavy (non-hydrogen) atoms. The molecule has 0 N–H and O–H groups in total. The van der Waals surface area contributed by atoms with Crippen molar-refractivity contribution in [3.63, 3.8) is 0 Å². The Balaban J connectivity index is 2.12. The topological polar surface area (TPSA) is 78.2 Å². The molecule has 0 radical (unpaired) electrons. The summed E-state index contributed by atoms with van der Waals surface area (Å²) in [5.74, 6) is 0.675. The predicted molar refractivity (Wildman–Crippen MR) is 77.7 cm³/mol. The molecule has 0 aliphatic carbocycles. The Bertz CT molecular complexity index is 839. The van der Waals surface area contributed by atoms with Crippen molar-refractivity contribution in [2.24, 2.45) is 0 Å². The molecule has 1 aromatic heterocycles. The molecule has 104 valence electrons. The highest BCUT2D eigenvalue weighted by atomic mass is 35.5. The van der Waals surface area contributed by atoms with Gasteiger partial charge in [-0.25, -0.2) is 0 Å². The van der Waals surface area contributed by atoms with Gasteiger partial charge < -0.3 is 4.74 Å². The number of non-ortho nitro benzene ring substituents is 1. The minimum atomic E-state index is -0.425. The number of hydrogen-bond donors (Lipinski definition) is 0. The van der Waals surface area contributed by atoms with E-state index in [9.17, 15) is 10.1 Å². The lowest BCUT2D eigenvalue weighted by Crippen LogP contribution is -1.93. The van der Waals surface area contributed by atoms with E-state index in [-0.39, 0.29) is 16.7 Å². The quantitative estimate of drug-likeness (QED) is 0.540. The summed E-state index contributed by atoms with van der Waals surface area (Å²) < 4.78 is 5.63. The maximum absolute atomic E-state index is 11.1. The first-order valence-electron chi connectivity index (χ1n) is 5.96. The van der Waals surface area contributed by atoms with Crippen LogP contribution in [-0.2, 0) is 0 Å². The molecule has 0 bridgehead atoms. The van der Waals surface area contributed by atoms with E-state index in [2.05, 4.69) is 9.97 Å². The van der Waals surface area contributed by atoms with Crippen LogP contribution in [0.1, 0.15) is 0 Å². The van der Waals surface area contributed by atoms with Gasteiger partial charge in [0.25, 0.3) is 5.69 Å². The zero-order valence-corrected chi connectivity index (χ0v) is 11.3. The van der Waals surface area contributed by atoms with E-state index in [1.807, 2.05) is 0 Å². The number of nitro benzene ring substituents is 1. The van der Waals surface area contributed by atoms with Crippen molar-refractivity contribution < 1.29 is 9.66 Å². The number of hydrogen-bond acceptors (Lipinski definition) is 5. The van der Waals surface area contributed by atoms with Crippen LogP contribution >= 0.6 is 11.6 Å². The van der Waals surface area contributed by atoms with E-state index in [1.165, 1.54) is 24.5 Å². The Morgan fingerprint density at radius 2 is 1.86 bits per heavy atom. The number of nitrogens with zero attached hydrogens (tertiary/aromatic N) is 3. The van der Waals surface area contributed by atoms with Crippen molar-refractivity contribution in [1.29, 1.82) is 0 Å². The summed E-state index contributed by atoms with van der Waals surface area (Å²) in [5, 5.41) is 12.4. The molecule has 0 atom stereocenters. The lowest BCUT2D eigenvalue weighted by molar-refractivity contribution is -0.383. The van der Waals surface area contributed by atoms with Crippen LogP contribution < -0.4 is 4.74 Å². The maximum Gasteiger partial charge on any atom is 0.277 e. The van der Waals surface area contributed by atoms with Crippen LogP contribution in [0.15, 0.2) is 48.8 Å². The van der Waals surface area contributed by atoms with Crippen LogP contribution in [0.4, 0.5) is 5.69 Å². The van der Waals surface area contributed by atoms with Gasteiger partial charge in [0.1, 0.15) is 5.75 Å². The first-order chi connectivity index (χ1) is 10.1. The SMILES string of the molecule is O=[N+]([O-])c1ccc(Oc2cncc(Cl)n2)c2ccccc12. The Hall–Kier alpha value is -2.73. The van der Waals surface area contributed by atoms with Crippen molar-refractivity contribution in [3.05, 3.63) is 64.1 Å². The molecular formula is C14H8ClN3O3. The number of halogens is 1. The van der Waals surface area contributed by atoms with Gasteiger partial charge in [-0.3, -0.25) is 15.1 Å². The van der Waals surface area contributed by atoms with Gasteiger partial charge in [-0.1, -0.05) is 29.8 Å². The minimum Gasteiger partial charge on any atom is -0.437 e. The molecule has 0 unspecified atom stereocenters. The second-order valence-corrected chi connectivity index (χ2v) is 4.55. The molecule has 0 spiro atoms. The monoisotopic (exact) mass is 301 g/mol. The van der Waals surface area contributed by atoms with Gasteiger partial charge >= 0.3 is 0 Å². The van der Waals surface area contributed by atoms with Crippen molar-refractivity contribution in [3.8, 4) is 11.6 Å².